The molecule has 2 amide bonds. The molecule has 5 rings (SSSR count). The van der Waals surface area contributed by atoms with Crippen LogP contribution in [0.2, 0.25) is 0 Å². The predicted octanol–water partition coefficient (Wildman–Crippen LogP) is 7.29. The van der Waals surface area contributed by atoms with Crippen LogP contribution in [0.5, 0.6) is 5.75 Å². The number of aliphatic imine (C=N–C) groups is 1. The van der Waals surface area contributed by atoms with Crippen molar-refractivity contribution in [2.24, 2.45) is 4.99 Å². The number of aryl methyl sites for hydroxylation is 1. The lowest BCUT2D eigenvalue weighted by Crippen LogP contribution is -2.24. The first-order chi connectivity index (χ1) is 19.1. The van der Waals surface area contributed by atoms with E-state index in [1.807, 2.05) is 29.2 Å². The van der Waals surface area contributed by atoms with Crippen molar-refractivity contribution in [2.75, 3.05) is 16.0 Å². The molecule has 1 aliphatic rings. The highest BCUT2D eigenvalue weighted by molar-refractivity contribution is 8.14. The van der Waals surface area contributed by atoms with Gasteiger partial charge in [-0.05, 0) is 79.6 Å². The number of amides is 2. The molecule has 1 fully saturated rings. The van der Waals surface area contributed by atoms with Crippen molar-refractivity contribution in [3.63, 3.8) is 0 Å². The van der Waals surface area contributed by atoms with Crippen LogP contribution in [0, 0.1) is 13.8 Å². The highest BCUT2D eigenvalue weighted by Gasteiger charge is 2.27. The lowest BCUT2D eigenvalue weighted by molar-refractivity contribution is -0.0257. The highest BCUT2D eigenvalue weighted by atomic mass is 32.2. The first-order valence-electron chi connectivity index (χ1n) is 12.6. The fourth-order valence-electron chi connectivity index (χ4n) is 4.15. The molecule has 0 saturated carbocycles. The Morgan fingerprint density at radius 2 is 1.82 bits per heavy atom. The number of nitrogens with zero attached hydrogens (tertiary/aromatic N) is 5. The molecule has 2 heterocycles. The van der Waals surface area contributed by atoms with Gasteiger partial charge in [0.2, 0.25) is 5.85 Å². The molecule has 0 unspecified atom stereocenters. The maximum Gasteiger partial charge on any atom is 0.347 e. The van der Waals surface area contributed by atoms with Crippen molar-refractivity contribution in [3.05, 3.63) is 96.5 Å². The van der Waals surface area contributed by atoms with E-state index in [0.717, 1.165) is 33.8 Å². The molecule has 0 bridgehead atoms. The normalized spacial score (nSPS) is 14.6. The van der Waals surface area contributed by atoms with Crippen molar-refractivity contribution < 1.29 is 13.9 Å². The molecule has 0 atom stereocenters. The van der Waals surface area contributed by atoms with Crippen molar-refractivity contribution in [3.8, 4) is 22.8 Å². The van der Waals surface area contributed by atoms with Crippen LogP contribution < -0.4 is 15.0 Å². The van der Waals surface area contributed by atoms with Gasteiger partial charge in [0.1, 0.15) is 12.1 Å². The number of anilines is 2. The Kier molecular flexibility index (Phi) is 7.44. The summed E-state index contributed by atoms with van der Waals surface area (Å²) in [5.41, 5.74) is 6.29. The van der Waals surface area contributed by atoms with E-state index in [1.165, 1.54) is 25.6 Å². The van der Waals surface area contributed by atoms with E-state index in [4.69, 9.17) is 4.74 Å². The number of hydrogen-bond acceptors (Lipinski definition) is 5. The summed E-state index contributed by atoms with van der Waals surface area (Å²) >= 11 is 1.48. The summed E-state index contributed by atoms with van der Waals surface area (Å²) in [4.78, 5) is 23.5. The van der Waals surface area contributed by atoms with Gasteiger partial charge in [-0.2, -0.15) is 9.38 Å². The molecule has 10 heteroatoms. The van der Waals surface area contributed by atoms with Crippen LogP contribution in [0.15, 0.2) is 90.3 Å². The molecule has 4 aromatic rings. The minimum atomic E-state index is -1.76. The second-order valence-corrected chi connectivity index (χ2v) is 10.7. The number of aromatic nitrogens is 3. The molecule has 0 radical (unpaired) electrons. The van der Waals surface area contributed by atoms with Crippen LogP contribution in [0.25, 0.3) is 17.1 Å². The second kappa shape index (κ2) is 11.0. The van der Waals surface area contributed by atoms with Crippen LogP contribution in [0.1, 0.15) is 25.0 Å². The molecule has 0 aliphatic carbocycles. The van der Waals surface area contributed by atoms with Crippen molar-refractivity contribution >= 4 is 34.3 Å². The zero-order valence-electron chi connectivity index (χ0n) is 22.7. The Morgan fingerprint density at radius 3 is 2.52 bits per heavy atom. The van der Waals surface area contributed by atoms with Crippen molar-refractivity contribution in [1.82, 2.24) is 14.8 Å². The molecule has 8 nitrogen and oxygen atoms in total. The summed E-state index contributed by atoms with van der Waals surface area (Å²) in [5, 5.41) is 7.96. The lowest BCUT2D eigenvalue weighted by Gasteiger charge is -2.22. The maximum atomic E-state index is 13.7. The SMILES string of the molecule is C=C1CS/C(=N\C(=O)Nc2ccc(-c3ncn(-c4ccc(OC(C)(C)F)cc4)n3)cc2)N1c1cccc(C)c1C. The van der Waals surface area contributed by atoms with E-state index < -0.39 is 11.9 Å². The van der Waals surface area contributed by atoms with Gasteiger partial charge >= 0.3 is 6.03 Å². The molecular formula is C30H29FN6O2S. The fraction of sp³-hybridized carbons (Fsp3) is 0.200. The molecule has 1 N–H and O–H groups in total. The van der Waals surface area contributed by atoms with E-state index in [0.29, 0.717) is 28.2 Å². The average Bonchev–Trinajstić information content (AvgIpc) is 3.53. The first kappa shape index (κ1) is 27.1. The summed E-state index contributed by atoms with van der Waals surface area (Å²) < 4.78 is 20.6. The largest absolute Gasteiger partial charge is 0.459 e. The van der Waals surface area contributed by atoms with Gasteiger partial charge in [-0.25, -0.2) is 14.5 Å². The molecule has 1 aromatic heterocycles. The van der Waals surface area contributed by atoms with Gasteiger partial charge in [-0.3, -0.25) is 4.90 Å². The lowest BCUT2D eigenvalue weighted by atomic mass is 10.1. The molecule has 40 heavy (non-hydrogen) atoms. The predicted molar refractivity (Wildman–Crippen MR) is 159 cm³/mol. The third-order valence-corrected chi connectivity index (χ3v) is 7.25. The number of rotatable bonds is 6. The third-order valence-electron chi connectivity index (χ3n) is 6.24. The van der Waals surface area contributed by atoms with Crippen molar-refractivity contribution in [1.29, 1.82) is 0 Å². The zero-order chi connectivity index (χ0) is 28.4. The Labute approximate surface area is 236 Å². The van der Waals surface area contributed by atoms with Crippen molar-refractivity contribution in [2.45, 2.75) is 33.5 Å². The van der Waals surface area contributed by atoms with E-state index in [9.17, 15) is 9.18 Å². The van der Waals surface area contributed by atoms with Gasteiger partial charge in [-0.1, -0.05) is 30.5 Å². The zero-order valence-corrected chi connectivity index (χ0v) is 23.5. The quantitative estimate of drug-likeness (QED) is 0.268. The number of urea groups is 1. The van der Waals surface area contributed by atoms with Gasteiger partial charge in [-0.15, -0.1) is 5.10 Å². The topological polar surface area (TPSA) is 84.6 Å². The minimum Gasteiger partial charge on any atom is -0.459 e. The number of thioether (sulfide) groups is 1. The number of carbonyl (C=O) groups excluding carboxylic acids is 1. The fourth-order valence-corrected chi connectivity index (χ4v) is 5.08. The van der Waals surface area contributed by atoms with Gasteiger partial charge in [0.05, 0.1) is 11.4 Å². The summed E-state index contributed by atoms with van der Waals surface area (Å²) in [5.74, 6) is -0.143. The molecule has 1 aliphatic heterocycles. The van der Waals surface area contributed by atoms with Crippen LogP contribution >= 0.6 is 11.8 Å². The number of hydrogen-bond donors (Lipinski definition) is 1. The van der Waals surface area contributed by atoms with Gasteiger partial charge in [0.25, 0.3) is 0 Å². The number of benzene rings is 3. The van der Waals surface area contributed by atoms with E-state index in [1.54, 1.807) is 47.4 Å². The molecule has 1 saturated heterocycles. The summed E-state index contributed by atoms with van der Waals surface area (Å²) in [7, 11) is 0. The van der Waals surface area contributed by atoms with Crippen LogP contribution in [-0.2, 0) is 0 Å². The second-order valence-electron chi connectivity index (χ2n) is 9.78. The standard InChI is InChI=1S/C30H29FN6O2S/c1-19-7-6-8-26(21(19)3)37-20(2)17-40-29(37)34-28(38)33-23-11-9-22(10-12-23)27-32-18-36(35-27)24-13-15-25(16-14-24)39-30(4,5)31/h6-16,18H,2,17H2,1,3-5H3,(H,33,38)/b34-29-. The number of amidine groups is 1. The Morgan fingerprint density at radius 1 is 1.10 bits per heavy atom. The van der Waals surface area contributed by atoms with E-state index in [2.05, 4.69) is 46.9 Å². The summed E-state index contributed by atoms with van der Waals surface area (Å²) in [6.45, 7) is 11.0. The van der Waals surface area contributed by atoms with Gasteiger partial charge in [0.15, 0.2) is 11.0 Å². The smallest absolute Gasteiger partial charge is 0.347 e. The number of halogens is 1. The molecule has 204 valence electrons. The molecule has 0 spiro atoms. The summed E-state index contributed by atoms with van der Waals surface area (Å²) in [6.07, 6.45) is 1.60. The molecular weight excluding hydrogens is 527 g/mol. The first-order valence-corrected chi connectivity index (χ1v) is 13.6. The van der Waals surface area contributed by atoms with Crippen LogP contribution in [0.4, 0.5) is 20.6 Å². The Balaban J connectivity index is 1.26. The third kappa shape index (κ3) is 6.07. The Hall–Kier alpha value is -4.44. The van der Waals surface area contributed by atoms with Crippen LogP contribution in [-0.4, -0.2) is 37.6 Å². The van der Waals surface area contributed by atoms with Gasteiger partial charge in [0, 0.05) is 36.5 Å². The van der Waals surface area contributed by atoms with E-state index >= 15 is 0 Å². The number of ether oxygens (including phenoxy) is 1. The highest BCUT2D eigenvalue weighted by Crippen LogP contribution is 2.35. The number of alkyl halides is 1. The maximum absolute atomic E-state index is 13.7. The molecule has 3 aromatic carbocycles. The summed E-state index contributed by atoms with van der Waals surface area (Å²) in [6, 6.07) is 19.7. The van der Waals surface area contributed by atoms with Gasteiger partial charge < -0.3 is 10.1 Å². The average molecular weight is 557 g/mol. The number of nitrogens with one attached hydrogen (secondary N) is 1. The minimum absolute atomic E-state index is 0.425. The monoisotopic (exact) mass is 556 g/mol. The number of carbonyl (C=O) groups is 1. The Bertz CT molecular complexity index is 1590. The van der Waals surface area contributed by atoms with Crippen LogP contribution in [0.3, 0.4) is 0 Å². The van der Waals surface area contributed by atoms with E-state index in [-0.39, 0.29) is 0 Å².